The first-order valence-electron chi connectivity index (χ1n) is 7.12. The van der Waals surface area contributed by atoms with Crippen LogP contribution in [0.2, 0.25) is 0 Å². The second-order valence-corrected chi connectivity index (χ2v) is 5.99. The van der Waals surface area contributed by atoms with Crippen molar-refractivity contribution in [2.45, 2.75) is 12.5 Å². The molecule has 1 aliphatic heterocycles. The number of aromatic nitrogens is 1. The predicted octanol–water partition coefficient (Wildman–Crippen LogP) is 3.57. The lowest BCUT2D eigenvalue weighted by atomic mass is 10.2. The number of hydrogen-bond acceptors (Lipinski definition) is 4. The number of carbonyl (C=O) groups is 1. The maximum atomic E-state index is 12.4. The Bertz CT molecular complexity index is 665. The number of ether oxygens (including phenoxy) is 1. The standard InChI is InChI=1S/C16H16BrN3O2.2ClH/c17-11-3-5-13(6-4-11)22-16-14(2-1-8-19-16)15(21)20-12-7-9-18-10-12;;/h1-6,8,12,18H,7,9-10H2,(H,20,21);2*1H. The number of carbonyl (C=O) groups excluding carboxylic acids is 1. The highest BCUT2D eigenvalue weighted by molar-refractivity contribution is 9.10. The summed E-state index contributed by atoms with van der Waals surface area (Å²) in [4.78, 5) is 16.6. The molecule has 0 bridgehead atoms. The molecule has 1 fully saturated rings. The minimum absolute atomic E-state index is 0. The average Bonchev–Trinajstić information content (AvgIpc) is 3.03. The monoisotopic (exact) mass is 433 g/mol. The summed E-state index contributed by atoms with van der Waals surface area (Å²) in [5.74, 6) is 0.792. The van der Waals surface area contributed by atoms with E-state index in [1.165, 1.54) is 0 Å². The summed E-state index contributed by atoms with van der Waals surface area (Å²) in [6.45, 7) is 1.73. The second kappa shape index (κ2) is 9.84. The number of hydrogen-bond donors (Lipinski definition) is 2. The lowest BCUT2D eigenvalue weighted by molar-refractivity contribution is 0.0937. The highest BCUT2D eigenvalue weighted by Crippen LogP contribution is 2.24. The van der Waals surface area contributed by atoms with Crippen molar-refractivity contribution in [1.82, 2.24) is 15.6 Å². The molecule has 1 amide bonds. The molecule has 0 saturated carbocycles. The van der Waals surface area contributed by atoms with Crippen molar-refractivity contribution in [2.75, 3.05) is 13.1 Å². The number of benzene rings is 1. The molecule has 1 unspecified atom stereocenters. The third kappa shape index (κ3) is 5.34. The maximum Gasteiger partial charge on any atom is 0.257 e. The van der Waals surface area contributed by atoms with Gasteiger partial charge in [-0.2, -0.15) is 0 Å². The van der Waals surface area contributed by atoms with E-state index >= 15 is 0 Å². The van der Waals surface area contributed by atoms with Crippen molar-refractivity contribution >= 4 is 46.7 Å². The summed E-state index contributed by atoms with van der Waals surface area (Å²) in [6, 6.07) is 11.0. The fourth-order valence-corrected chi connectivity index (χ4v) is 2.56. The second-order valence-electron chi connectivity index (χ2n) is 5.08. The molecule has 130 valence electrons. The van der Waals surface area contributed by atoms with E-state index in [1.54, 1.807) is 18.3 Å². The van der Waals surface area contributed by atoms with Crippen LogP contribution in [0.3, 0.4) is 0 Å². The Morgan fingerprint density at radius 2 is 2.00 bits per heavy atom. The van der Waals surface area contributed by atoms with Crippen LogP contribution in [-0.4, -0.2) is 30.0 Å². The summed E-state index contributed by atoms with van der Waals surface area (Å²) in [5.41, 5.74) is 0.442. The van der Waals surface area contributed by atoms with Crippen LogP contribution < -0.4 is 15.4 Å². The van der Waals surface area contributed by atoms with E-state index in [0.717, 1.165) is 24.0 Å². The van der Waals surface area contributed by atoms with Gasteiger partial charge in [0, 0.05) is 23.3 Å². The van der Waals surface area contributed by atoms with Crippen LogP contribution in [0.25, 0.3) is 0 Å². The molecule has 5 nitrogen and oxygen atoms in total. The van der Waals surface area contributed by atoms with Gasteiger partial charge in [-0.25, -0.2) is 4.98 Å². The molecule has 0 aliphatic carbocycles. The first-order valence-corrected chi connectivity index (χ1v) is 7.92. The molecule has 0 spiro atoms. The van der Waals surface area contributed by atoms with Gasteiger partial charge in [0.15, 0.2) is 0 Å². The van der Waals surface area contributed by atoms with Gasteiger partial charge in [-0.05, 0) is 49.4 Å². The Hall–Kier alpha value is -1.34. The van der Waals surface area contributed by atoms with Crippen LogP contribution in [0, 0.1) is 0 Å². The smallest absolute Gasteiger partial charge is 0.257 e. The van der Waals surface area contributed by atoms with Gasteiger partial charge in [0.05, 0.1) is 0 Å². The third-order valence-corrected chi connectivity index (χ3v) is 3.97. The molecule has 2 N–H and O–H groups in total. The van der Waals surface area contributed by atoms with Crippen LogP contribution >= 0.6 is 40.7 Å². The van der Waals surface area contributed by atoms with Gasteiger partial charge >= 0.3 is 0 Å². The number of nitrogens with zero attached hydrogens (tertiary/aromatic N) is 1. The van der Waals surface area contributed by atoms with Crippen LogP contribution in [0.4, 0.5) is 0 Å². The van der Waals surface area contributed by atoms with E-state index in [0.29, 0.717) is 17.2 Å². The van der Waals surface area contributed by atoms with Gasteiger partial charge in [0.25, 0.3) is 5.91 Å². The first-order chi connectivity index (χ1) is 10.7. The molecule has 1 aliphatic rings. The van der Waals surface area contributed by atoms with Crippen LogP contribution in [0.5, 0.6) is 11.6 Å². The number of halogens is 3. The normalized spacial score (nSPS) is 15.8. The third-order valence-electron chi connectivity index (χ3n) is 3.44. The Morgan fingerprint density at radius 1 is 1.25 bits per heavy atom. The quantitative estimate of drug-likeness (QED) is 0.771. The van der Waals surface area contributed by atoms with E-state index in [1.807, 2.05) is 24.3 Å². The van der Waals surface area contributed by atoms with Crippen molar-refractivity contribution in [3.8, 4) is 11.6 Å². The molecular weight excluding hydrogens is 417 g/mol. The molecule has 2 aromatic rings. The van der Waals surface area contributed by atoms with Crippen LogP contribution in [0.1, 0.15) is 16.8 Å². The summed E-state index contributed by atoms with van der Waals surface area (Å²) < 4.78 is 6.71. The largest absolute Gasteiger partial charge is 0.438 e. The highest BCUT2D eigenvalue weighted by Gasteiger charge is 2.20. The number of rotatable bonds is 4. The maximum absolute atomic E-state index is 12.4. The zero-order valence-electron chi connectivity index (χ0n) is 12.7. The lowest BCUT2D eigenvalue weighted by Crippen LogP contribution is -2.36. The summed E-state index contributed by atoms with van der Waals surface area (Å²) in [6.07, 6.45) is 2.55. The SMILES string of the molecule is Cl.Cl.O=C(NC1CCNC1)c1cccnc1Oc1ccc(Br)cc1. The zero-order chi connectivity index (χ0) is 15.4. The van der Waals surface area contributed by atoms with Crippen molar-refractivity contribution in [1.29, 1.82) is 0 Å². The Morgan fingerprint density at radius 3 is 2.67 bits per heavy atom. The molecular formula is C16H18BrCl2N3O2. The predicted molar refractivity (Wildman–Crippen MR) is 102 cm³/mol. The van der Waals surface area contributed by atoms with E-state index in [9.17, 15) is 4.79 Å². The molecule has 1 aromatic carbocycles. The Kier molecular flexibility index (Phi) is 8.48. The number of pyridine rings is 1. The summed E-state index contributed by atoms with van der Waals surface area (Å²) >= 11 is 3.38. The van der Waals surface area contributed by atoms with Gasteiger partial charge in [-0.3, -0.25) is 4.79 Å². The molecule has 8 heteroatoms. The fourth-order valence-electron chi connectivity index (χ4n) is 2.30. The van der Waals surface area contributed by atoms with Gasteiger partial charge < -0.3 is 15.4 Å². The number of amides is 1. The summed E-state index contributed by atoms with van der Waals surface area (Å²) in [5, 5.41) is 6.22. The zero-order valence-corrected chi connectivity index (χ0v) is 15.9. The van der Waals surface area contributed by atoms with E-state index in [4.69, 9.17) is 4.74 Å². The van der Waals surface area contributed by atoms with E-state index in [2.05, 4.69) is 31.5 Å². The van der Waals surface area contributed by atoms with Gasteiger partial charge in [-0.1, -0.05) is 15.9 Å². The number of nitrogens with one attached hydrogen (secondary N) is 2. The minimum Gasteiger partial charge on any atom is -0.438 e. The minimum atomic E-state index is -0.158. The molecule has 1 saturated heterocycles. The van der Waals surface area contributed by atoms with Gasteiger partial charge in [-0.15, -0.1) is 24.8 Å². The van der Waals surface area contributed by atoms with Crippen LogP contribution in [0.15, 0.2) is 47.1 Å². The molecule has 1 atom stereocenters. The van der Waals surface area contributed by atoms with Crippen molar-refractivity contribution in [3.05, 3.63) is 52.6 Å². The lowest BCUT2D eigenvalue weighted by Gasteiger charge is -2.13. The van der Waals surface area contributed by atoms with Gasteiger partial charge in [0.1, 0.15) is 11.3 Å². The molecule has 0 radical (unpaired) electrons. The molecule has 2 heterocycles. The molecule has 3 rings (SSSR count). The average molecular weight is 435 g/mol. The molecule has 1 aromatic heterocycles. The van der Waals surface area contributed by atoms with Crippen LogP contribution in [-0.2, 0) is 0 Å². The topological polar surface area (TPSA) is 63.2 Å². The van der Waals surface area contributed by atoms with E-state index < -0.39 is 0 Å². The fraction of sp³-hybridized carbons (Fsp3) is 0.250. The van der Waals surface area contributed by atoms with Crippen molar-refractivity contribution in [2.24, 2.45) is 0 Å². The Balaban J connectivity index is 0.00000144. The van der Waals surface area contributed by atoms with Crippen molar-refractivity contribution < 1.29 is 9.53 Å². The van der Waals surface area contributed by atoms with Gasteiger partial charge in [0.2, 0.25) is 5.88 Å². The Labute approximate surface area is 161 Å². The van der Waals surface area contributed by atoms with Crippen molar-refractivity contribution in [3.63, 3.8) is 0 Å². The highest BCUT2D eigenvalue weighted by atomic mass is 79.9. The first kappa shape index (κ1) is 20.7. The molecule has 24 heavy (non-hydrogen) atoms. The van der Waals surface area contributed by atoms with E-state index in [-0.39, 0.29) is 36.8 Å². The summed E-state index contributed by atoms with van der Waals surface area (Å²) in [7, 11) is 0.